The van der Waals surface area contributed by atoms with E-state index in [1.165, 1.54) is 12.1 Å². The number of piperidine rings is 1. The number of amides is 2. The molecule has 180 valence electrons. The number of hydrogen-bond acceptors (Lipinski definition) is 4. The summed E-state index contributed by atoms with van der Waals surface area (Å²) < 4.78 is 15.2. The Balaban J connectivity index is 1.36. The number of rotatable bonds is 4. The van der Waals surface area contributed by atoms with Crippen molar-refractivity contribution >= 4 is 29.8 Å². The van der Waals surface area contributed by atoms with Gasteiger partial charge >= 0.3 is 6.03 Å². The molecule has 1 atom stereocenters. The predicted molar refractivity (Wildman–Crippen MR) is 136 cm³/mol. The first-order valence-electron chi connectivity index (χ1n) is 11.8. The first kappa shape index (κ1) is 23.2. The van der Waals surface area contributed by atoms with E-state index in [1.807, 2.05) is 41.4 Å². The van der Waals surface area contributed by atoms with E-state index in [0.717, 1.165) is 41.8 Å². The van der Waals surface area contributed by atoms with Crippen LogP contribution in [0.4, 0.5) is 9.18 Å². The number of likely N-dealkylation sites (tertiary alicyclic amines) is 1. The van der Waals surface area contributed by atoms with Crippen molar-refractivity contribution in [2.45, 2.75) is 31.7 Å². The van der Waals surface area contributed by atoms with Crippen molar-refractivity contribution in [3.05, 3.63) is 76.7 Å². The van der Waals surface area contributed by atoms with Crippen LogP contribution in [0.2, 0.25) is 5.02 Å². The minimum absolute atomic E-state index is 0.0755. The summed E-state index contributed by atoms with van der Waals surface area (Å²) in [7, 11) is 0. The van der Waals surface area contributed by atoms with Gasteiger partial charge in [-0.15, -0.1) is 0 Å². The van der Waals surface area contributed by atoms with Gasteiger partial charge in [0.05, 0.1) is 11.4 Å². The lowest BCUT2D eigenvalue weighted by Crippen LogP contribution is -2.45. The second-order valence-corrected chi connectivity index (χ2v) is 9.16. The Labute approximate surface area is 208 Å². The topological polar surface area (TPSA) is 74.9 Å². The van der Waals surface area contributed by atoms with Crippen LogP contribution in [0.15, 0.2) is 64.6 Å². The molecular weight excluding hydrogens is 467 g/mol. The van der Waals surface area contributed by atoms with E-state index < -0.39 is 0 Å². The number of benzene rings is 2. The molecule has 1 aromatic heterocycles. The largest absolute Gasteiger partial charge is 0.334 e. The van der Waals surface area contributed by atoms with E-state index in [4.69, 9.17) is 16.7 Å². The first-order valence-corrected chi connectivity index (χ1v) is 12.1. The summed E-state index contributed by atoms with van der Waals surface area (Å²) >= 11 is 5.95. The molecule has 3 aromatic rings. The molecule has 1 fully saturated rings. The molecule has 2 amide bonds. The lowest BCUT2D eigenvalue weighted by Gasteiger charge is -2.33. The number of carbonyl (C=O) groups excluding carboxylic acids is 1. The van der Waals surface area contributed by atoms with E-state index >= 15 is 0 Å². The van der Waals surface area contributed by atoms with E-state index in [0.29, 0.717) is 37.2 Å². The number of aromatic nitrogens is 2. The van der Waals surface area contributed by atoms with Gasteiger partial charge in [0.2, 0.25) is 5.96 Å². The Hall–Kier alpha value is -3.52. The number of urea groups is 1. The van der Waals surface area contributed by atoms with Crippen LogP contribution < -0.4 is 5.32 Å². The van der Waals surface area contributed by atoms with Crippen LogP contribution in [-0.4, -0.2) is 52.5 Å². The highest BCUT2D eigenvalue weighted by Gasteiger charge is 2.29. The Morgan fingerprint density at radius 3 is 2.69 bits per heavy atom. The fourth-order valence-corrected chi connectivity index (χ4v) is 4.56. The lowest BCUT2D eigenvalue weighted by molar-refractivity contribution is 0.178. The van der Waals surface area contributed by atoms with Gasteiger partial charge in [0.15, 0.2) is 0 Å². The highest BCUT2D eigenvalue weighted by Crippen LogP contribution is 2.31. The summed E-state index contributed by atoms with van der Waals surface area (Å²) in [6.45, 7) is 2.36. The minimum Gasteiger partial charge on any atom is -0.334 e. The maximum Gasteiger partial charge on any atom is 0.317 e. The summed E-state index contributed by atoms with van der Waals surface area (Å²) in [5.74, 6) is 0.331. The minimum atomic E-state index is -0.290. The Bertz CT molecular complexity index is 1250. The van der Waals surface area contributed by atoms with Gasteiger partial charge in [-0.05, 0) is 60.9 Å². The molecule has 9 heteroatoms. The predicted octanol–water partition coefficient (Wildman–Crippen LogP) is 5.11. The fraction of sp³-hybridized carbons (Fsp3) is 0.308. The highest BCUT2D eigenvalue weighted by molar-refractivity contribution is 6.30. The van der Waals surface area contributed by atoms with Gasteiger partial charge in [-0.1, -0.05) is 23.7 Å². The summed E-state index contributed by atoms with van der Waals surface area (Å²) in [5.41, 5.74) is 3.50. The van der Waals surface area contributed by atoms with Gasteiger partial charge in [0, 0.05) is 55.3 Å². The van der Waals surface area contributed by atoms with Gasteiger partial charge in [-0.3, -0.25) is 0 Å². The number of hydrogen-bond donors (Lipinski definition) is 1. The van der Waals surface area contributed by atoms with Crippen molar-refractivity contribution in [3.8, 4) is 11.3 Å². The molecule has 35 heavy (non-hydrogen) atoms. The smallest absolute Gasteiger partial charge is 0.317 e. The normalized spacial score (nSPS) is 17.8. The number of carbonyl (C=O) groups is 1. The first-order chi connectivity index (χ1) is 17.1. The third kappa shape index (κ3) is 5.43. The number of halogens is 2. The van der Waals surface area contributed by atoms with Gasteiger partial charge in [0.25, 0.3) is 0 Å². The fourth-order valence-electron chi connectivity index (χ4n) is 4.43. The molecule has 1 N–H and O–H groups in total. The van der Waals surface area contributed by atoms with E-state index in [2.05, 4.69) is 15.3 Å². The molecule has 0 spiro atoms. The van der Waals surface area contributed by atoms with Crippen molar-refractivity contribution < 1.29 is 9.18 Å². The Morgan fingerprint density at radius 1 is 1.14 bits per heavy atom. The molecule has 0 saturated carbocycles. The van der Waals surface area contributed by atoms with Crippen LogP contribution in [0.5, 0.6) is 0 Å². The summed E-state index contributed by atoms with van der Waals surface area (Å²) in [4.78, 5) is 23.8. The van der Waals surface area contributed by atoms with E-state index in [-0.39, 0.29) is 17.8 Å². The Kier molecular flexibility index (Phi) is 6.90. The molecule has 2 aliphatic rings. The van der Waals surface area contributed by atoms with Gasteiger partial charge in [-0.25, -0.2) is 23.9 Å². The molecule has 0 aliphatic carbocycles. The third-order valence-electron chi connectivity index (χ3n) is 6.27. The zero-order chi connectivity index (χ0) is 24.2. The monoisotopic (exact) mass is 492 g/mol. The average Bonchev–Trinajstić information content (AvgIpc) is 3.35. The average molecular weight is 493 g/mol. The van der Waals surface area contributed by atoms with Gasteiger partial charge in [0.1, 0.15) is 5.82 Å². The van der Waals surface area contributed by atoms with Crippen LogP contribution in [-0.2, 0) is 6.54 Å². The van der Waals surface area contributed by atoms with Crippen molar-refractivity contribution in [1.29, 1.82) is 0 Å². The lowest BCUT2D eigenvalue weighted by atomic mass is 9.94. The molecule has 2 aliphatic heterocycles. The second-order valence-electron chi connectivity index (χ2n) is 8.73. The van der Waals surface area contributed by atoms with Crippen molar-refractivity contribution in [2.24, 2.45) is 9.98 Å². The molecule has 1 saturated heterocycles. The summed E-state index contributed by atoms with van der Waals surface area (Å²) in [6, 6.07) is 15.7. The van der Waals surface area contributed by atoms with Crippen LogP contribution in [0, 0.1) is 5.82 Å². The molecule has 0 bridgehead atoms. The van der Waals surface area contributed by atoms with E-state index in [1.54, 1.807) is 16.8 Å². The number of aliphatic imine (C=N–C) groups is 2. The molecule has 3 heterocycles. The molecular formula is C26H26ClFN6O. The molecule has 5 rings (SSSR count). The van der Waals surface area contributed by atoms with Gasteiger partial charge < -0.3 is 10.2 Å². The molecule has 7 nitrogen and oxygen atoms in total. The van der Waals surface area contributed by atoms with Crippen LogP contribution in [0.3, 0.4) is 0 Å². The third-order valence-corrected chi connectivity index (χ3v) is 6.52. The number of nitrogens with zero attached hydrogens (tertiary/aromatic N) is 5. The SMILES string of the molecule is O=C(NCc1ccc(Cl)cc1)N1CCCC(c2cc(-c3ccc(F)cc3)nn2C2=NCCC=N2)C1. The molecule has 1 unspecified atom stereocenters. The zero-order valence-electron chi connectivity index (χ0n) is 19.2. The van der Waals surface area contributed by atoms with Gasteiger partial charge in [-0.2, -0.15) is 5.10 Å². The number of nitrogens with one attached hydrogen (secondary N) is 1. The van der Waals surface area contributed by atoms with Crippen molar-refractivity contribution in [3.63, 3.8) is 0 Å². The van der Waals surface area contributed by atoms with Crippen LogP contribution >= 0.6 is 11.6 Å². The Morgan fingerprint density at radius 2 is 1.94 bits per heavy atom. The summed E-state index contributed by atoms with van der Waals surface area (Å²) in [6.07, 6.45) is 4.46. The van der Waals surface area contributed by atoms with Crippen LogP contribution in [0.25, 0.3) is 11.3 Å². The zero-order valence-corrected chi connectivity index (χ0v) is 20.0. The standard InChI is InChI=1S/C26H26ClFN6O/c27-21-8-4-18(5-9-21)16-31-26(35)33-14-1-3-20(17-33)24-15-23(19-6-10-22(28)11-7-19)32-34(24)25-29-12-2-13-30-25/h4-12,15,20H,1-3,13-14,16-17H2,(H,31,35). The molecule has 0 radical (unpaired) electrons. The molecule has 2 aromatic carbocycles. The van der Waals surface area contributed by atoms with E-state index in [9.17, 15) is 9.18 Å². The maximum atomic E-state index is 13.5. The van der Waals surface area contributed by atoms with Crippen molar-refractivity contribution in [1.82, 2.24) is 20.0 Å². The maximum absolute atomic E-state index is 13.5. The van der Waals surface area contributed by atoms with Crippen molar-refractivity contribution in [2.75, 3.05) is 19.6 Å². The highest BCUT2D eigenvalue weighted by atomic mass is 35.5. The van der Waals surface area contributed by atoms with Crippen LogP contribution in [0.1, 0.15) is 36.4 Å². The quantitative estimate of drug-likeness (QED) is 0.549. The summed E-state index contributed by atoms with van der Waals surface area (Å²) in [5, 5.41) is 8.46. The second kappa shape index (κ2) is 10.4.